The molecular formula is C29H31NO3. The van der Waals surface area contributed by atoms with Gasteiger partial charge in [0.05, 0.1) is 7.11 Å². The van der Waals surface area contributed by atoms with Crippen molar-refractivity contribution < 1.29 is 14.6 Å². The van der Waals surface area contributed by atoms with Crippen molar-refractivity contribution in [2.24, 2.45) is 5.92 Å². The van der Waals surface area contributed by atoms with Gasteiger partial charge in [-0.15, -0.1) is 0 Å². The Morgan fingerprint density at radius 1 is 0.939 bits per heavy atom. The highest BCUT2D eigenvalue weighted by atomic mass is 16.5. The summed E-state index contributed by atoms with van der Waals surface area (Å²) in [5.74, 6) is 1.90. The molecule has 0 spiro atoms. The number of phenols is 1. The highest BCUT2D eigenvalue weighted by Gasteiger charge is 2.34. The van der Waals surface area contributed by atoms with Crippen molar-refractivity contribution in [1.29, 1.82) is 0 Å². The molecule has 3 aromatic rings. The fourth-order valence-corrected chi connectivity index (χ4v) is 5.70. The number of hydrogen-bond donors (Lipinski definition) is 1. The van der Waals surface area contributed by atoms with Crippen LogP contribution in [-0.4, -0.2) is 31.6 Å². The first-order valence-corrected chi connectivity index (χ1v) is 11.9. The maximum atomic E-state index is 11.1. The summed E-state index contributed by atoms with van der Waals surface area (Å²) in [6.07, 6.45) is 4.89. The van der Waals surface area contributed by atoms with Crippen LogP contribution in [0.15, 0.2) is 66.7 Å². The van der Waals surface area contributed by atoms with Crippen LogP contribution in [0.5, 0.6) is 11.5 Å². The number of benzene rings is 3. The predicted octanol–water partition coefficient (Wildman–Crippen LogP) is 5.68. The average Bonchev–Trinajstić information content (AvgIpc) is 2.88. The quantitative estimate of drug-likeness (QED) is 0.518. The van der Waals surface area contributed by atoms with Crippen LogP contribution in [0.3, 0.4) is 0 Å². The smallest absolute Gasteiger partial charge is 0.124 e. The summed E-state index contributed by atoms with van der Waals surface area (Å²) in [6.45, 7) is 1.79. The maximum Gasteiger partial charge on any atom is 0.124 e. The number of carbonyl (C=O) groups is 1. The van der Waals surface area contributed by atoms with Gasteiger partial charge < -0.3 is 19.5 Å². The standard InChI is InChI=1S/C29H31NO3/c1-33-28-18-23(30-15-13-20(19-31)14-16-30)8-11-27(28)29-25(21-5-3-2-4-6-21)10-7-22-17-24(32)9-12-26(22)29/h2-6,8-9,11-12,17-20,25,29,32H,7,10,13-16H2,1H3. The second-order valence-electron chi connectivity index (χ2n) is 9.30. The highest BCUT2D eigenvalue weighted by Crippen LogP contribution is 2.49. The molecule has 4 heteroatoms. The number of anilines is 1. The van der Waals surface area contributed by atoms with Gasteiger partial charge in [0.1, 0.15) is 17.8 Å². The van der Waals surface area contributed by atoms with Gasteiger partial charge in [0.15, 0.2) is 0 Å². The van der Waals surface area contributed by atoms with Gasteiger partial charge in [-0.1, -0.05) is 42.5 Å². The Balaban J connectivity index is 1.55. The highest BCUT2D eigenvalue weighted by molar-refractivity contribution is 5.60. The van der Waals surface area contributed by atoms with Crippen molar-refractivity contribution in [3.63, 3.8) is 0 Å². The molecule has 5 rings (SSSR count). The topological polar surface area (TPSA) is 49.8 Å². The number of nitrogens with zero attached hydrogens (tertiary/aromatic N) is 1. The number of aryl methyl sites for hydroxylation is 1. The average molecular weight is 442 g/mol. The number of fused-ring (bicyclic) bond motifs is 1. The van der Waals surface area contributed by atoms with Crippen molar-refractivity contribution in [2.75, 3.05) is 25.1 Å². The van der Waals surface area contributed by atoms with Crippen molar-refractivity contribution >= 4 is 12.0 Å². The fourth-order valence-electron chi connectivity index (χ4n) is 5.70. The molecule has 170 valence electrons. The second kappa shape index (κ2) is 9.30. The number of aromatic hydroxyl groups is 1. The molecule has 2 aliphatic rings. The van der Waals surface area contributed by atoms with E-state index in [0.29, 0.717) is 11.7 Å². The molecule has 1 saturated heterocycles. The third-order valence-corrected chi connectivity index (χ3v) is 7.47. The lowest BCUT2D eigenvalue weighted by Gasteiger charge is -2.36. The summed E-state index contributed by atoms with van der Waals surface area (Å²) in [6, 6.07) is 23.1. The normalized spacial score (nSPS) is 20.8. The van der Waals surface area contributed by atoms with Gasteiger partial charge in [-0.25, -0.2) is 0 Å². The van der Waals surface area contributed by atoms with Crippen LogP contribution in [0.25, 0.3) is 0 Å². The lowest BCUT2D eigenvalue weighted by atomic mass is 9.69. The Kier molecular flexibility index (Phi) is 6.08. The molecular weight excluding hydrogens is 410 g/mol. The van der Waals surface area contributed by atoms with Crippen molar-refractivity contribution in [3.05, 3.63) is 89.0 Å². The summed E-state index contributed by atoms with van der Waals surface area (Å²) < 4.78 is 5.96. The van der Waals surface area contributed by atoms with Crippen LogP contribution >= 0.6 is 0 Å². The third kappa shape index (κ3) is 4.22. The van der Waals surface area contributed by atoms with E-state index in [1.807, 2.05) is 6.07 Å². The maximum absolute atomic E-state index is 11.1. The SMILES string of the molecule is COc1cc(N2CCC(C=O)CC2)ccc1C1c2ccc(O)cc2CCC1c1ccccc1. The molecule has 3 aromatic carbocycles. The van der Waals surface area contributed by atoms with Crippen LogP contribution in [0.4, 0.5) is 5.69 Å². The Hall–Kier alpha value is -3.27. The van der Waals surface area contributed by atoms with Gasteiger partial charge in [0, 0.05) is 42.2 Å². The Morgan fingerprint density at radius 3 is 2.42 bits per heavy atom. The third-order valence-electron chi connectivity index (χ3n) is 7.47. The molecule has 2 atom stereocenters. The lowest BCUT2D eigenvalue weighted by Crippen LogP contribution is -2.34. The van der Waals surface area contributed by atoms with Gasteiger partial charge in [0.2, 0.25) is 0 Å². The van der Waals surface area contributed by atoms with Gasteiger partial charge in [-0.2, -0.15) is 0 Å². The minimum absolute atomic E-state index is 0.154. The van der Waals surface area contributed by atoms with Crippen molar-refractivity contribution in [3.8, 4) is 11.5 Å². The summed E-state index contributed by atoms with van der Waals surface area (Å²) in [5.41, 5.74) is 6.16. The van der Waals surface area contributed by atoms with Crippen LogP contribution in [0.1, 0.15) is 53.4 Å². The van der Waals surface area contributed by atoms with Crippen LogP contribution in [0.2, 0.25) is 0 Å². The second-order valence-corrected chi connectivity index (χ2v) is 9.30. The minimum Gasteiger partial charge on any atom is -0.508 e. The zero-order chi connectivity index (χ0) is 22.8. The molecule has 1 fully saturated rings. The zero-order valence-corrected chi connectivity index (χ0v) is 19.1. The summed E-state index contributed by atoms with van der Waals surface area (Å²) >= 11 is 0. The van der Waals surface area contributed by atoms with Crippen LogP contribution in [-0.2, 0) is 11.2 Å². The number of ether oxygens (including phenoxy) is 1. The van der Waals surface area contributed by atoms with Crippen LogP contribution < -0.4 is 9.64 Å². The van der Waals surface area contributed by atoms with Crippen molar-refractivity contribution in [1.82, 2.24) is 0 Å². The molecule has 0 bridgehead atoms. The number of hydrogen-bond acceptors (Lipinski definition) is 4. The summed E-state index contributed by atoms with van der Waals surface area (Å²) in [4.78, 5) is 13.5. The molecule has 0 radical (unpaired) electrons. The number of carbonyl (C=O) groups excluding carboxylic acids is 1. The van der Waals surface area contributed by atoms with E-state index in [9.17, 15) is 9.90 Å². The van der Waals surface area contributed by atoms with E-state index in [4.69, 9.17) is 4.74 Å². The van der Waals surface area contributed by atoms with E-state index >= 15 is 0 Å². The molecule has 1 aliphatic carbocycles. The monoisotopic (exact) mass is 441 g/mol. The van der Waals surface area contributed by atoms with E-state index in [2.05, 4.69) is 59.5 Å². The molecule has 2 unspecified atom stereocenters. The van der Waals surface area contributed by atoms with E-state index in [1.54, 1.807) is 13.2 Å². The van der Waals surface area contributed by atoms with E-state index in [0.717, 1.165) is 56.5 Å². The van der Waals surface area contributed by atoms with Gasteiger partial charge >= 0.3 is 0 Å². The number of rotatable bonds is 5. The van der Waals surface area contributed by atoms with Gasteiger partial charge in [-0.3, -0.25) is 0 Å². The van der Waals surface area contributed by atoms with E-state index < -0.39 is 0 Å². The number of piperidine rings is 1. The molecule has 1 aliphatic heterocycles. The zero-order valence-electron chi connectivity index (χ0n) is 19.1. The first-order chi connectivity index (χ1) is 16.2. The Morgan fingerprint density at radius 2 is 1.70 bits per heavy atom. The molecule has 0 amide bonds. The predicted molar refractivity (Wildman–Crippen MR) is 131 cm³/mol. The first kappa shape index (κ1) is 21.6. The van der Waals surface area contributed by atoms with Crippen molar-refractivity contribution in [2.45, 2.75) is 37.5 Å². The Bertz CT molecular complexity index is 1120. The molecule has 1 heterocycles. The molecule has 1 N–H and O–H groups in total. The molecule has 0 saturated carbocycles. The molecule has 33 heavy (non-hydrogen) atoms. The lowest BCUT2D eigenvalue weighted by molar-refractivity contribution is -0.111. The number of phenolic OH excluding ortho intramolecular Hbond substituents is 1. The van der Waals surface area contributed by atoms with Crippen LogP contribution in [0, 0.1) is 5.92 Å². The Labute approximate surface area is 195 Å². The largest absolute Gasteiger partial charge is 0.508 e. The summed E-state index contributed by atoms with van der Waals surface area (Å²) in [7, 11) is 1.75. The van der Waals surface area contributed by atoms with E-state index in [1.165, 1.54) is 22.3 Å². The van der Waals surface area contributed by atoms with E-state index in [-0.39, 0.29) is 11.8 Å². The minimum atomic E-state index is 0.154. The summed E-state index contributed by atoms with van der Waals surface area (Å²) in [5, 5.41) is 10.1. The van der Waals surface area contributed by atoms with Gasteiger partial charge in [-0.05, 0) is 66.5 Å². The molecule has 0 aromatic heterocycles. The fraction of sp³-hybridized carbons (Fsp3) is 0.345. The number of methoxy groups -OCH3 is 1. The van der Waals surface area contributed by atoms with Gasteiger partial charge in [0.25, 0.3) is 0 Å². The first-order valence-electron chi connectivity index (χ1n) is 11.9. The molecule has 4 nitrogen and oxygen atoms in total. The number of aldehydes is 1.